The number of nitrogens with zero attached hydrogens (tertiary/aromatic N) is 2. The Bertz CT molecular complexity index is 2840. The molecule has 3 heterocycles. The summed E-state index contributed by atoms with van der Waals surface area (Å²) in [5.41, 5.74) is 7.71. The molecule has 6 heteroatoms. The Labute approximate surface area is 263 Å². The van der Waals surface area contributed by atoms with Crippen LogP contribution in [0.25, 0.3) is 82.5 Å². The van der Waals surface area contributed by atoms with E-state index < -0.39 is 9.84 Å². The van der Waals surface area contributed by atoms with Gasteiger partial charge in [0.15, 0.2) is 0 Å². The number of hydrogen-bond acceptors (Lipinski definition) is 4. The zero-order valence-electron chi connectivity index (χ0n) is 24.7. The Hall–Kier alpha value is -5.72. The van der Waals surface area contributed by atoms with Crippen LogP contribution in [0.15, 0.2) is 142 Å². The molecule has 0 unspecified atom stereocenters. The van der Waals surface area contributed by atoms with Crippen LogP contribution in [0, 0.1) is 6.92 Å². The fourth-order valence-electron chi connectivity index (χ4n) is 7.54. The molecule has 1 aliphatic heterocycles. The molecule has 0 bridgehead atoms. The molecule has 0 fully saturated rings. The third kappa shape index (κ3) is 3.28. The second-order valence-corrected chi connectivity index (χ2v) is 13.8. The first-order valence-electron chi connectivity index (χ1n) is 15.2. The number of benzene rings is 7. The van der Waals surface area contributed by atoms with Crippen LogP contribution in [-0.2, 0) is 9.84 Å². The largest absolute Gasteiger partial charge is 0.456 e. The number of aromatic nitrogens is 2. The Morgan fingerprint density at radius 1 is 0.565 bits per heavy atom. The lowest BCUT2D eigenvalue weighted by Crippen LogP contribution is -2.15. The first-order chi connectivity index (χ1) is 22.5. The molecule has 2 aromatic heterocycles. The van der Waals surface area contributed by atoms with Crippen molar-refractivity contribution in [1.82, 2.24) is 9.55 Å². The van der Waals surface area contributed by atoms with E-state index in [1.165, 1.54) is 0 Å². The molecule has 7 aromatic carbocycles. The summed E-state index contributed by atoms with van der Waals surface area (Å²) in [5, 5.41) is 6.47. The van der Waals surface area contributed by atoms with Gasteiger partial charge >= 0.3 is 0 Å². The Balaban J connectivity index is 1.26. The fraction of sp³-hybridized carbons (Fsp3) is 0.0250. The molecule has 0 saturated heterocycles. The van der Waals surface area contributed by atoms with Gasteiger partial charge in [0.2, 0.25) is 9.84 Å². The van der Waals surface area contributed by atoms with Crippen LogP contribution in [0.2, 0.25) is 0 Å². The van der Waals surface area contributed by atoms with Crippen LogP contribution < -0.4 is 0 Å². The molecule has 0 aliphatic carbocycles. The van der Waals surface area contributed by atoms with Gasteiger partial charge in [0.05, 0.1) is 26.5 Å². The highest BCUT2D eigenvalue weighted by molar-refractivity contribution is 7.92. The summed E-state index contributed by atoms with van der Waals surface area (Å²) in [7, 11) is -3.79. The minimum absolute atomic E-state index is 0.290. The van der Waals surface area contributed by atoms with Gasteiger partial charge in [-0.2, -0.15) is 0 Å². The number of rotatable bonds is 2. The molecule has 9 aromatic rings. The van der Waals surface area contributed by atoms with Crippen molar-refractivity contribution in [3.8, 4) is 27.9 Å². The molecule has 0 amide bonds. The number of hydrogen-bond donors (Lipinski definition) is 0. The molecular weight excluding hydrogens is 589 g/mol. The van der Waals surface area contributed by atoms with Gasteiger partial charge in [-0.25, -0.2) is 13.4 Å². The van der Waals surface area contributed by atoms with Crippen LogP contribution in [0.5, 0.6) is 0 Å². The van der Waals surface area contributed by atoms with Crippen LogP contribution in [0.1, 0.15) is 5.82 Å². The van der Waals surface area contributed by atoms with Crippen LogP contribution in [0.3, 0.4) is 0 Å². The number of para-hydroxylation sites is 2. The van der Waals surface area contributed by atoms with E-state index in [2.05, 4.69) is 65.6 Å². The maximum atomic E-state index is 14.2. The van der Waals surface area contributed by atoms with E-state index in [0.29, 0.717) is 26.5 Å². The molecule has 1 aliphatic rings. The summed E-state index contributed by atoms with van der Waals surface area (Å²) < 4.78 is 36.6. The molecule has 46 heavy (non-hydrogen) atoms. The summed E-state index contributed by atoms with van der Waals surface area (Å²) in [5.74, 6) is 0.757. The van der Waals surface area contributed by atoms with E-state index in [1.807, 2.05) is 66.1 Å². The average Bonchev–Trinajstić information content (AvgIpc) is 3.62. The van der Waals surface area contributed by atoms with Gasteiger partial charge in [-0.3, -0.25) is 4.57 Å². The number of sulfone groups is 1. The predicted octanol–water partition coefficient (Wildman–Crippen LogP) is 10.0. The van der Waals surface area contributed by atoms with Crippen molar-refractivity contribution < 1.29 is 12.8 Å². The third-order valence-electron chi connectivity index (χ3n) is 9.47. The highest BCUT2D eigenvalue weighted by Crippen LogP contribution is 2.47. The van der Waals surface area contributed by atoms with E-state index in [-0.39, 0.29) is 0 Å². The number of imidazole rings is 1. The maximum absolute atomic E-state index is 14.2. The van der Waals surface area contributed by atoms with Crippen molar-refractivity contribution in [2.45, 2.75) is 16.7 Å². The molecule has 0 spiro atoms. The van der Waals surface area contributed by atoms with Gasteiger partial charge in [-0.1, -0.05) is 84.9 Å². The van der Waals surface area contributed by atoms with Crippen molar-refractivity contribution in [3.05, 3.63) is 133 Å². The second-order valence-electron chi connectivity index (χ2n) is 12.0. The van der Waals surface area contributed by atoms with Crippen LogP contribution >= 0.6 is 0 Å². The molecule has 0 radical (unpaired) electrons. The quantitative estimate of drug-likeness (QED) is 0.182. The molecular formula is C40H24N2O3S. The van der Waals surface area contributed by atoms with Crippen molar-refractivity contribution in [2.75, 3.05) is 0 Å². The van der Waals surface area contributed by atoms with E-state index in [1.54, 1.807) is 12.1 Å². The van der Waals surface area contributed by atoms with Crippen LogP contribution in [0.4, 0.5) is 0 Å². The number of furan rings is 1. The standard InChI is InChI=1S/C40H24N2O3S/c1-23-41-32-14-8-16-36-40(32)42(23)33-20-18-25(22-37(33)46(36,43)44)39-30-12-4-2-10-28(30)38(29-11-3-5-13-31(29)39)24-17-19-27-26-9-6-7-15-34(26)45-35(27)21-24/h2-22H,1H3. The van der Waals surface area contributed by atoms with Gasteiger partial charge in [-0.05, 0) is 93.2 Å². The summed E-state index contributed by atoms with van der Waals surface area (Å²) in [4.78, 5) is 5.26. The average molecular weight is 613 g/mol. The van der Waals surface area contributed by atoms with E-state index >= 15 is 0 Å². The first-order valence-corrected chi connectivity index (χ1v) is 16.7. The minimum Gasteiger partial charge on any atom is -0.456 e. The van der Waals surface area contributed by atoms with Gasteiger partial charge < -0.3 is 4.42 Å². The van der Waals surface area contributed by atoms with Crippen molar-refractivity contribution in [1.29, 1.82) is 0 Å². The zero-order chi connectivity index (χ0) is 30.7. The smallest absolute Gasteiger partial charge is 0.210 e. The molecule has 5 nitrogen and oxygen atoms in total. The van der Waals surface area contributed by atoms with Crippen molar-refractivity contribution in [3.63, 3.8) is 0 Å². The monoisotopic (exact) mass is 612 g/mol. The van der Waals surface area contributed by atoms with E-state index in [9.17, 15) is 8.42 Å². The minimum atomic E-state index is -3.79. The highest BCUT2D eigenvalue weighted by Gasteiger charge is 2.33. The SMILES string of the molecule is Cc1nc2cccc3c2n1-c1ccc(-c2c4ccccc4c(-c4ccc5c(c4)oc4ccccc45)c4ccccc24)cc1S3(=O)=O. The second kappa shape index (κ2) is 8.93. The van der Waals surface area contributed by atoms with E-state index in [4.69, 9.17) is 4.42 Å². The fourth-order valence-corrected chi connectivity index (χ4v) is 9.21. The Kier molecular flexibility index (Phi) is 4.97. The number of fused-ring (bicyclic) bond motifs is 7. The van der Waals surface area contributed by atoms with Crippen LogP contribution in [-0.4, -0.2) is 18.0 Å². The topological polar surface area (TPSA) is 65.1 Å². The normalized spacial score (nSPS) is 13.7. The molecule has 10 rings (SSSR count). The lowest BCUT2D eigenvalue weighted by Gasteiger charge is -2.22. The van der Waals surface area contributed by atoms with Gasteiger partial charge in [-0.15, -0.1) is 0 Å². The van der Waals surface area contributed by atoms with Gasteiger partial charge in [0, 0.05) is 10.8 Å². The van der Waals surface area contributed by atoms with Crippen molar-refractivity contribution >= 4 is 64.4 Å². The molecule has 0 saturated carbocycles. The summed E-state index contributed by atoms with van der Waals surface area (Å²) in [6, 6.07) is 42.5. The maximum Gasteiger partial charge on any atom is 0.210 e. The lowest BCUT2D eigenvalue weighted by atomic mass is 9.86. The molecule has 0 atom stereocenters. The van der Waals surface area contributed by atoms with Crippen molar-refractivity contribution in [2.24, 2.45) is 0 Å². The molecule has 218 valence electrons. The Morgan fingerprint density at radius 3 is 1.85 bits per heavy atom. The lowest BCUT2D eigenvalue weighted by molar-refractivity contribution is 0.594. The summed E-state index contributed by atoms with van der Waals surface area (Å²) in [6.45, 7) is 1.92. The third-order valence-corrected chi connectivity index (χ3v) is 11.3. The molecule has 0 N–H and O–H groups in total. The van der Waals surface area contributed by atoms with Gasteiger partial charge in [0.1, 0.15) is 17.0 Å². The summed E-state index contributed by atoms with van der Waals surface area (Å²) in [6.07, 6.45) is 0. The zero-order valence-corrected chi connectivity index (χ0v) is 25.5. The Morgan fingerprint density at radius 2 is 1.15 bits per heavy atom. The van der Waals surface area contributed by atoms with Gasteiger partial charge in [0.25, 0.3) is 0 Å². The predicted molar refractivity (Wildman–Crippen MR) is 184 cm³/mol. The highest BCUT2D eigenvalue weighted by atomic mass is 32.2. The number of aryl methyl sites for hydroxylation is 1. The summed E-state index contributed by atoms with van der Waals surface area (Å²) >= 11 is 0. The first kappa shape index (κ1) is 25.6. The van der Waals surface area contributed by atoms with E-state index in [0.717, 1.165) is 71.6 Å².